The lowest BCUT2D eigenvalue weighted by molar-refractivity contribution is 0.412. The zero-order valence-electron chi connectivity index (χ0n) is 14.5. The molecule has 0 spiro atoms. The molecule has 3 N–H and O–H groups in total. The average Bonchev–Trinajstić information content (AvgIpc) is 2.79. The first-order valence-corrected chi connectivity index (χ1v) is 9.30. The summed E-state index contributed by atoms with van der Waals surface area (Å²) >= 11 is 0. The molecule has 0 unspecified atom stereocenters. The van der Waals surface area contributed by atoms with E-state index >= 15 is 0 Å². The average molecular weight is 446 g/mol. The van der Waals surface area contributed by atoms with Crippen molar-refractivity contribution < 1.29 is 0 Å². The fourth-order valence-electron chi connectivity index (χ4n) is 3.67. The van der Waals surface area contributed by atoms with Gasteiger partial charge in [0.05, 0.1) is 0 Å². The molecule has 2 heterocycles. The van der Waals surface area contributed by atoms with Crippen molar-refractivity contribution >= 4 is 29.9 Å². The second-order valence-corrected chi connectivity index (χ2v) is 6.84. The Balaban J connectivity index is 0.00000208. The van der Waals surface area contributed by atoms with Crippen molar-refractivity contribution in [2.45, 2.75) is 83.2 Å². The molecule has 1 aromatic heterocycles. The first-order valence-electron chi connectivity index (χ1n) is 9.30. The molecule has 1 aliphatic heterocycles. The third-order valence-electron chi connectivity index (χ3n) is 4.98. The lowest BCUT2D eigenvalue weighted by atomic mass is 9.96. The molecule has 0 atom stereocenters. The molecule has 0 saturated heterocycles. The Kier molecular flexibility index (Phi) is 8.28. The van der Waals surface area contributed by atoms with Gasteiger partial charge in [-0.15, -0.1) is 34.2 Å². The maximum absolute atomic E-state index is 6.00. The topological polar surface area (TPSA) is 81.1 Å². The van der Waals surface area contributed by atoms with Crippen molar-refractivity contribution in [3.05, 3.63) is 11.6 Å². The molecule has 1 aromatic rings. The van der Waals surface area contributed by atoms with E-state index in [1.165, 1.54) is 57.2 Å². The second-order valence-electron chi connectivity index (χ2n) is 6.84. The Morgan fingerprint density at radius 2 is 1.92 bits per heavy atom. The predicted molar refractivity (Wildman–Crippen MR) is 108 cm³/mol. The number of rotatable bonds is 5. The van der Waals surface area contributed by atoms with Crippen LogP contribution < -0.4 is 11.1 Å². The summed E-state index contributed by atoms with van der Waals surface area (Å²) in [5.41, 5.74) is 6.00. The zero-order chi connectivity index (χ0) is 15.9. The highest BCUT2D eigenvalue weighted by Crippen LogP contribution is 2.17. The molecule has 2 aliphatic rings. The van der Waals surface area contributed by atoms with Crippen LogP contribution in [0.25, 0.3) is 0 Å². The van der Waals surface area contributed by atoms with Crippen LogP contribution in [0.2, 0.25) is 0 Å². The SMILES string of the molecule is I.NC(=NCCCc1nnc2n1CCCCC2)NC1CCCCC1. The summed E-state index contributed by atoms with van der Waals surface area (Å²) in [7, 11) is 0. The number of nitrogens with one attached hydrogen (secondary N) is 1. The third kappa shape index (κ3) is 5.60. The van der Waals surface area contributed by atoms with Crippen molar-refractivity contribution in [3.63, 3.8) is 0 Å². The quantitative estimate of drug-likeness (QED) is 0.316. The molecule has 24 heavy (non-hydrogen) atoms. The minimum Gasteiger partial charge on any atom is -0.370 e. The number of hydrogen-bond donors (Lipinski definition) is 2. The first-order chi connectivity index (χ1) is 11.3. The van der Waals surface area contributed by atoms with Crippen LogP contribution in [0.4, 0.5) is 0 Å². The van der Waals surface area contributed by atoms with E-state index in [9.17, 15) is 0 Å². The van der Waals surface area contributed by atoms with Gasteiger partial charge in [0.25, 0.3) is 0 Å². The number of fused-ring (bicyclic) bond motifs is 1. The van der Waals surface area contributed by atoms with Gasteiger partial charge in [-0.1, -0.05) is 25.7 Å². The molecular weight excluding hydrogens is 415 g/mol. The highest BCUT2D eigenvalue weighted by Gasteiger charge is 2.15. The van der Waals surface area contributed by atoms with Crippen LogP contribution in [-0.4, -0.2) is 33.3 Å². The fraction of sp³-hybridized carbons (Fsp3) is 0.824. The van der Waals surface area contributed by atoms with Crippen LogP contribution >= 0.6 is 24.0 Å². The van der Waals surface area contributed by atoms with E-state index in [0.717, 1.165) is 38.2 Å². The lowest BCUT2D eigenvalue weighted by Gasteiger charge is -2.23. The highest BCUT2D eigenvalue weighted by atomic mass is 127. The molecule has 0 bridgehead atoms. The Hall–Kier alpha value is -0.860. The Morgan fingerprint density at radius 1 is 1.12 bits per heavy atom. The lowest BCUT2D eigenvalue weighted by Crippen LogP contribution is -2.41. The molecule has 1 saturated carbocycles. The van der Waals surface area contributed by atoms with Crippen LogP contribution in [0.15, 0.2) is 4.99 Å². The minimum absolute atomic E-state index is 0. The smallest absolute Gasteiger partial charge is 0.188 e. The summed E-state index contributed by atoms with van der Waals surface area (Å²) in [5, 5.41) is 12.1. The summed E-state index contributed by atoms with van der Waals surface area (Å²) in [6.45, 7) is 1.83. The summed E-state index contributed by atoms with van der Waals surface area (Å²) in [4.78, 5) is 4.47. The number of nitrogens with zero attached hydrogens (tertiary/aromatic N) is 4. The zero-order valence-corrected chi connectivity index (χ0v) is 16.9. The molecule has 1 fully saturated rings. The summed E-state index contributed by atoms with van der Waals surface area (Å²) in [6, 6.07) is 0.528. The van der Waals surface area contributed by atoms with E-state index < -0.39 is 0 Å². The monoisotopic (exact) mass is 446 g/mol. The second kappa shape index (κ2) is 10.2. The maximum Gasteiger partial charge on any atom is 0.188 e. The molecule has 136 valence electrons. The van der Waals surface area contributed by atoms with Crippen molar-refractivity contribution in [3.8, 4) is 0 Å². The predicted octanol–water partition coefficient (Wildman–Crippen LogP) is 2.79. The van der Waals surface area contributed by atoms with E-state index in [1.54, 1.807) is 0 Å². The normalized spacial score (nSPS) is 19.2. The van der Waals surface area contributed by atoms with Gasteiger partial charge in [0, 0.05) is 32.0 Å². The minimum atomic E-state index is 0. The van der Waals surface area contributed by atoms with E-state index in [4.69, 9.17) is 5.73 Å². The van der Waals surface area contributed by atoms with E-state index in [2.05, 4.69) is 25.1 Å². The van der Waals surface area contributed by atoms with Crippen molar-refractivity contribution in [2.75, 3.05) is 6.54 Å². The van der Waals surface area contributed by atoms with Gasteiger partial charge in [-0.3, -0.25) is 4.99 Å². The summed E-state index contributed by atoms with van der Waals surface area (Å²) < 4.78 is 2.32. The largest absolute Gasteiger partial charge is 0.370 e. The van der Waals surface area contributed by atoms with Crippen molar-refractivity contribution in [1.82, 2.24) is 20.1 Å². The van der Waals surface area contributed by atoms with Crippen molar-refractivity contribution in [1.29, 1.82) is 0 Å². The third-order valence-corrected chi connectivity index (χ3v) is 4.98. The number of aryl methyl sites for hydroxylation is 2. The number of guanidine groups is 1. The van der Waals surface area contributed by atoms with E-state index in [1.807, 2.05) is 0 Å². The standard InChI is InChI=1S/C17H30N6.HI/c18-17(20-14-8-3-1-4-9-14)19-12-7-11-16-22-21-15-10-5-2-6-13-23(15)16;/h14H,1-13H2,(H3,18,19,20);1H. The van der Waals surface area contributed by atoms with Gasteiger partial charge in [-0.25, -0.2) is 0 Å². The van der Waals surface area contributed by atoms with Crippen LogP contribution in [0.1, 0.15) is 69.4 Å². The van der Waals surface area contributed by atoms with E-state index in [-0.39, 0.29) is 24.0 Å². The Bertz CT molecular complexity index is 521. The van der Waals surface area contributed by atoms with Crippen LogP contribution in [0.3, 0.4) is 0 Å². The van der Waals surface area contributed by atoms with Crippen molar-refractivity contribution in [2.24, 2.45) is 10.7 Å². The Morgan fingerprint density at radius 3 is 2.75 bits per heavy atom. The molecule has 0 amide bonds. The van der Waals surface area contributed by atoms with Crippen LogP contribution in [-0.2, 0) is 19.4 Å². The van der Waals surface area contributed by atoms with Gasteiger partial charge in [-0.05, 0) is 32.1 Å². The molecule has 7 heteroatoms. The number of nitrogens with two attached hydrogens (primary N) is 1. The number of aliphatic imine (C=N–C) groups is 1. The van der Waals surface area contributed by atoms with E-state index in [0.29, 0.717) is 12.0 Å². The first kappa shape index (κ1) is 19.5. The van der Waals surface area contributed by atoms with Crippen LogP contribution in [0.5, 0.6) is 0 Å². The molecule has 3 rings (SSSR count). The summed E-state index contributed by atoms with van der Waals surface area (Å²) in [6.07, 6.45) is 13.2. The number of hydrogen-bond acceptors (Lipinski definition) is 3. The van der Waals surface area contributed by atoms with Gasteiger partial charge >= 0.3 is 0 Å². The van der Waals surface area contributed by atoms with Gasteiger partial charge in [-0.2, -0.15) is 0 Å². The molecule has 1 aliphatic carbocycles. The van der Waals surface area contributed by atoms with Gasteiger partial charge in [0.15, 0.2) is 5.96 Å². The van der Waals surface area contributed by atoms with Gasteiger partial charge in [0.1, 0.15) is 11.6 Å². The van der Waals surface area contributed by atoms with Gasteiger partial charge < -0.3 is 15.6 Å². The Labute approximate surface area is 162 Å². The molecule has 0 aromatic carbocycles. The molecule has 0 radical (unpaired) electrons. The maximum atomic E-state index is 6.00. The van der Waals surface area contributed by atoms with Crippen LogP contribution in [0, 0.1) is 0 Å². The number of halogens is 1. The molecule has 6 nitrogen and oxygen atoms in total. The fourth-order valence-corrected chi connectivity index (χ4v) is 3.67. The van der Waals surface area contributed by atoms with Gasteiger partial charge in [0.2, 0.25) is 0 Å². The highest BCUT2D eigenvalue weighted by molar-refractivity contribution is 14.0. The summed E-state index contributed by atoms with van der Waals surface area (Å²) in [5.74, 6) is 2.90. The number of aromatic nitrogens is 3. The molecular formula is C17H31IN6.